The van der Waals surface area contributed by atoms with E-state index in [0.717, 1.165) is 17.0 Å². The van der Waals surface area contributed by atoms with Crippen molar-refractivity contribution in [3.8, 4) is 11.5 Å². The number of aromatic nitrogens is 4. The van der Waals surface area contributed by atoms with E-state index in [0.29, 0.717) is 0 Å². The molecule has 1 fully saturated rings. The van der Waals surface area contributed by atoms with Crippen LogP contribution >= 0.6 is 15.6 Å². The number of phosphoric acid groups is 2. The number of hydrogen-bond donors (Lipinski definition) is 7. The second-order valence-corrected chi connectivity index (χ2v) is 12.0. The van der Waals surface area contributed by atoms with E-state index in [2.05, 4.69) is 23.8 Å². The third-order valence-electron chi connectivity index (χ3n) is 6.70. The number of hydrogen-bond acceptors (Lipinski definition) is 15. The Balaban J connectivity index is 1.92. The molecule has 1 saturated heterocycles. The highest BCUT2D eigenvalue weighted by molar-refractivity contribution is 7.60. The van der Waals surface area contributed by atoms with Crippen molar-refractivity contribution in [3.63, 3.8) is 0 Å². The van der Waals surface area contributed by atoms with Crippen molar-refractivity contribution in [1.29, 1.82) is 0 Å². The molecule has 2 unspecified atom stereocenters. The first-order chi connectivity index (χ1) is 20.0. The molecule has 23 heteroatoms. The minimum absolute atomic E-state index is 0.0174. The number of nitrogens with two attached hydrogens (primary N) is 1. The Kier molecular flexibility index (Phi) is 8.70. The van der Waals surface area contributed by atoms with Crippen LogP contribution < -0.4 is 20.8 Å². The van der Waals surface area contributed by atoms with Crippen LogP contribution in [-0.4, -0.2) is 88.5 Å². The van der Waals surface area contributed by atoms with Gasteiger partial charge in [-0.2, -0.15) is 9.29 Å². The van der Waals surface area contributed by atoms with Gasteiger partial charge >= 0.3 is 15.6 Å². The van der Waals surface area contributed by atoms with Gasteiger partial charge in [-0.3, -0.25) is 29.0 Å². The second-order valence-electron chi connectivity index (χ2n) is 9.16. The van der Waals surface area contributed by atoms with E-state index in [9.17, 15) is 39.1 Å². The zero-order valence-electron chi connectivity index (χ0n) is 22.3. The third kappa shape index (κ3) is 6.00. The van der Waals surface area contributed by atoms with E-state index < -0.39 is 68.4 Å². The monoisotopic (exact) mass is 652 g/mol. The van der Waals surface area contributed by atoms with E-state index in [1.165, 1.54) is 27.2 Å². The van der Waals surface area contributed by atoms with Gasteiger partial charge in [-0.05, 0) is 6.07 Å². The minimum atomic E-state index is -5.51. The van der Waals surface area contributed by atoms with Gasteiger partial charge in [0.2, 0.25) is 5.95 Å². The van der Waals surface area contributed by atoms with Crippen molar-refractivity contribution in [2.45, 2.75) is 36.9 Å². The first kappa shape index (κ1) is 32.4. The summed E-state index contributed by atoms with van der Waals surface area (Å²) < 4.78 is 48.9. The van der Waals surface area contributed by atoms with E-state index in [-0.39, 0.29) is 34.2 Å². The number of nitrogens with one attached hydrogen (secondary N) is 1. The van der Waals surface area contributed by atoms with Gasteiger partial charge in [0.25, 0.3) is 11.2 Å². The number of ether oxygens (including phenoxy) is 3. The lowest BCUT2D eigenvalue weighted by Gasteiger charge is -2.39. The van der Waals surface area contributed by atoms with Crippen LogP contribution in [0.2, 0.25) is 0 Å². The van der Waals surface area contributed by atoms with E-state index in [1.54, 1.807) is 0 Å². The number of aliphatic hydroxyl groups is 2. The first-order valence-electron chi connectivity index (χ1n) is 11.9. The summed E-state index contributed by atoms with van der Waals surface area (Å²) in [6.07, 6.45) is -4.82. The highest BCUT2D eigenvalue weighted by Crippen LogP contribution is 2.58. The lowest BCUT2D eigenvalue weighted by Crippen LogP contribution is -2.49. The summed E-state index contributed by atoms with van der Waals surface area (Å²) >= 11 is 0. The van der Waals surface area contributed by atoms with Gasteiger partial charge in [0.15, 0.2) is 28.4 Å². The molecule has 0 bridgehead atoms. The maximum absolute atomic E-state index is 12.5. The topological polar surface area (TPSA) is 314 Å². The zero-order valence-corrected chi connectivity index (χ0v) is 24.1. The van der Waals surface area contributed by atoms with Gasteiger partial charge in [0.05, 0.1) is 38.1 Å². The smallest absolute Gasteiger partial charge is 0.481 e. The molecule has 6 atom stereocenters. The van der Waals surface area contributed by atoms with Crippen molar-refractivity contribution in [2.75, 3.05) is 26.6 Å². The summed E-state index contributed by atoms with van der Waals surface area (Å²) in [6.45, 7) is 0.251. The normalized spacial score (nSPS) is 24.5. The number of nitrogen functional groups attached to an aromatic ring is 1. The van der Waals surface area contributed by atoms with Gasteiger partial charge in [-0.15, -0.1) is 0 Å². The van der Waals surface area contributed by atoms with Gasteiger partial charge in [-0.25, -0.2) is 14.1 Å². The lowest BCUT2D eigenvalue weighted by molar-refractivity contribution is -0.386. The number of phosphoric ester groups is 1. The summed E-state index contributed by atoms with van der Waals surface area (Å²) in [5, 5.41) is 34.7. The second kappa shape index (κ2) is 11.5. The molecule has 2 aromatic heterocycles. The molecule has 0 saturated carbocycles. The van der Waals surface area contributed by atoms with Crippen LogP contribution in [0.3, 0.4) is 0 Å². The molecule has 8 N–H and O–H groups in total. The number of methoxy groups -OCH3 is 2. The molecule has 1 aliphatic rings. The highest BCUT2D eigenvalue weighted by atomic mass is 31.3. The number of nitro benzene ring substituents is 1. The van der Waals surface area contributed by atoms with Crippen molar-refractivity contribution >= 4 is 38.4 Å². The van der Waals surface area contributed by atoms with E-state index in [1.807, 2.05) is 0 Å². The summed E-state index contributed by atoms with van der Waals surface area (Å²) in [5.41, 5.74) is 1.29. The maximum Gasteiger partial charge on any atom is 0.481 e. The third-order valence-corrected chi connectivity index (χ3v) is 8.85. The Morgan fingerprint density at radius 3 is 2.44 bits per heavy atom. The summed E-state index contributed by atoms with van der Waals surface area (Å²) in [5.74, 6) is -1.74. The number of rotatable bonds is 11. The number of H-pyrrole nitrogens is 1. The molecule has 0 radical (unpaired) electrons. The minimum Gasteiger partial charge on any atom is -0.493 e. The molecule has 0 spiro atoms. The number of anilines is 1. The molecular weight excluding hydrogens is 626 g/mol. The number of benzene rings is 1. The molecule has 21 nitrogen and oxygen atoms in total. The summed E-state index contributed by atoms with van der Waals surface area (Å²) in [4.78, 5) is 61.6. The quantitative estimate of drug-likeness (QED) is 0.0774. The number of imidazole rings is 1. The van der Waals surface area contributed by atoms with Gasteiger partial charge < -0.3 is 44.8 Å². The number of nitro groups is 1. The van der Waals surface area contributed by atoms with Crippen LogP contribution in [-0.2, 0) is 28.4 Å². The molecule has 0 aliphatic carbocycles. The van der Waals surface area contributed by atoms with E-state index in [4.69, 9.17) is 29.7 Å². The molecule has 4 rings (SSSR count). The van der Waals surface area contributed by atoms with Gasteiger partial charge in [0, 0.05) is 11.5 Å². The lowest BCUT2D eigenvalue weighted by atomic mass is 9.84. The fraction of sp³-hybridized carbons (Fsp3) is 0.450. The van der Waals surface area contributed by atoms with Crippen LogP contribution in [0, 0.1) is 10.1 Å². The van der Waals surface area contributed by atoms with Crippen LogP contribution in [0.25, 0.3) is 11.2 Å². The Bertz CT molecular complexity index is 1710. The van der Waals surface area contributed by atoms with Crippen molar-refractivity contribution in [3.05, 3.63) is 44.5 Å². The fourth-order valence-electron chi connectivity index (χ4n) is 4.85. The first-order valence-corrected chi connectivity index (χ1v) is 14.9. The molecule has 3 aromatic rings. The fourth-order valence-corrected chi connectivity index (χ4v) is 6.45. The Labute approximate surface area is 239 Å². The molecule has 236 valence electrons. The van der Waals surface area contributed by atoms with Crippen molar-refractivity contribution in [2.24, 2.45) is 0 Å². The van der Waals surface area contributed by atoms with Gasteiger partial charge in [0.1, 0.15) is 18.3 Å². The molecule has 1 aliphatic heterocycles. The average Bonchev–Trinajstić information content (AvgIpc) is 3.44. The largest absolute Gasteiger partial charge is 0.493 e. The zero-order chi connectivity index (χ0) is 32.1. The average molecular weight is 652 g/mol. The van der Waals surface area contributed by atoms with Crippen molar-refractivity contribution < 1.29 is 62.0 Å². The predicted molar refractivity (Wildman–Crippen MR) is 141 cm³/mol. The van der Waals surface area contributed by atoms with Crippen molar-refractivity contribution in [1.82, 2.24) is 19.5 Å². The standard InChI is InChI=1S/C20H26N6O15P2/c1-8(9-4-11(37-2)12(38-3)5-10(9)26(30)31)20(25-7-22-14-17(25)23-19(21)24-18(14)29)16(28)15(27)13(40-20)6-39-43(35,36)41-42(32,33)34/h4-5,7-8,13,15-16,27-28H,6H2,1-3H3,(H,35,36)(H2,32,33,34)(H3,21,23,24,29)/t8?,13-,15-,16-,20-/m1/s1. The predicted octanol–water partition coefficient (Wildman–Crippen LogP) is -0.569. The van der Waals surface area contributed by atoms with Crippen LogP contribution in [0.4, 0.5) is 11.6 Å². The van der Waals surface area contributed by atoms with Crippen LogP contribution in [0.1, 0.15) is 18.4 Å². The highest BCUT2D eigenvalue weighted by Gasteiger charge is 2.60. The molecule has 1 aromatic carbocycles. The Morgan fingerprint density at radius 2 is 1.86 bits per heavy atom. The summed E-state index contributed by atoms with van der Waals surface area (Å²) in [7, 11) is -8.43. The molecule has 43 heavy (non-hydrogen) atoms. The van der Waals surface area contributed by atoms with E-state index >= 15 is 0 Å². The number of aliphatic hydroxyl groups excluding tert-OH is 2. The Morgan fingerprint density at radius 1 is 1.23 bits per heavy atom. The SMILES string of the molecule is COc1cc(C(C)[C@@]2(n3cnc4c(=O)[nH]c(N)nc43)O[C@H](COP(=O)(O)OP(=O)(O)O)[C@@H](O)[C@H]2O)c([N+](=O)[O-])cc1OC. The molecule has 0 amide bonds. The number of nitrogens with zero attached hydrogens (tertiary/aromatic N) is 4. The number of aromatic amines is 1. The van der Waals surface area contributed by atoms with Crippen LogP contribution in [0.5, 0.6) is 11.5 Å². The Hall–Kier alpha value is -3.49. The van der Waals surface area contributed by atoms with Gasteiger partial charge in [-0.1, -0.05) is 6.92 Å². The summed E-state index contributed by atoms with van der Waals surface area (Å²) in [6, 6.07) is 2.27. The number of fused-ring (bicyclic) bond motifs is 1. The molecule has 3 heterocycles. The van der Waals surface area contributed by atoms with Crippen LogP contribution in [0.15, 0.2) is 23.3 Å². The molecular formula is C20H26N6O15P2. The maximum atomic E-state index is 12.5.